The molecule has 0 saturated heterocycles. The zero-order valence-electron chi connectivity index (χ0n) is 9.26. The molecule has 2 rings (SSSR count). The van der Waals surface area contributed by atoms with E-state index >= 15 is 0 Å². The lowest BCUT2D eigenvalue weighted by molar-refractivity contribution is 0.215. The second-order valence-electron chi connectivity index (χ2n) is 3.79. The molecule has 0 radical (unpaired) electrons. The highest BCUT2D eigenvalue weighted by atomic mass is 19.1. The molecule has 0 aromatic carbocycles. The minimum absolute atomic E-state index is 0.138. The molecule has 2 aromatic heterocycles. The van der Waals surface area contributed by atoms with Gasteiger partial charge in [0.1, 0.15) is 17.7 Å². The van der Waals surface area contributed by atoms with E-state index in [1.807, 2.05) is 6.92 Å². The third-order valence-electron chi connectivity index (χ3n) is 2.48. The van der Waals surface area contributed by atoms with Crippen molar-refractivity contribution in [3.05, 3.63) is 53.2 Å². The monoisotopic (exact) mass is 233 g/mol. The van der Waals surface area contributed by atoms with Crippen molar-refractivity contribution in [3.8, 4) is 0 Å². The molecule has 88 valence electrons. The van der Waals surface area contributed by atoms with Crippen LogP contribution in [-0.4, -0.2) is 15.1 Å². The van der Waals surface area contributed by atoms with Crippen LogP contribution in [-0.2, 0) is 0 Å². The minimum atomic E-state index is -1.13. The van der Waals surface area contributed by atoms with Gasteiger partial charge < -0.3 is 10.8 Å². The van der Waals surface area contributed by atoms with Crippen molar-refractivity contribution < 1.29 is 9.50 Å². The number of hydrogen-bond acceptors (Lipinski definition) is 4. The van der Waals surface area contributed by atoms with Gasteiger partial charge in [-0.25, -0.2) is 9.37 Å². The van der Waals surface area contributed by atoms with E-state index in [1.54, 1.807) is 12.3 Å². The summed E-state index contributed by atoms with van der Waals surface area (Å²) in [5, 5.41) is 10.1. The summed E-state index contributed by atoms with van der Waals surface area (Å²) in [6.07, 6.45) is 2.93. The van der Waals surface area contributed by atoms with E-state index in [2.05, 4.69) is 9.97 Å². The molecule has 2 heterocycles. The average Bonchev–Trinajstić information content (AvgIpc) is 2.32. The van der Waals surface area contributed by atoms with E-state index in [0.29, 0.717) is 5.56 Å². The lowest BCUT2D eigenvalue weighted by Gasteiger charge is -2.14. The number of nitrogen functional groups attached to an aromatic ring is 1. The summed E-state index contributed by atoms with van der Waals surface area (Å²) < 4.78 is 13.5. The fourth-order valence-corrected chi connectivity index (χ4v) is 1.60. The summed E-state index contributed by atoms with van der Waals surface area (Å²) in [6, 6.07) is 3.11. The Bertz CT molecular complexity index is 545. The van der Waals surface area contributed by atoms with Crippen molar-refractivity contribution in [1.29, 1.82) is 0 Å². The predicted molar refractivity (Wildman–Crippen MR) is 61.6 cm³/mol. The van der Waals surface area contributed by atoms with E-state index in [-0.39, 0.29) is 11.4 Å². The standard InChI is InChI=1S/C12H12FN3O/c1-7-4-9(12(14)16-5-7)11(17)8-2-3-15-6-10(8)13/h2-6,11,17H,1H3,(H2,14,16). The van der Waals surface area contributed by atoms with Crippen molar-refractivity contribution >= 4 is 5.82 Å². The molecule has 0 fully saturated rings. The van der Waals surface area contributed by atoms with Gasteiger partial charge in [-0.3, -0.25) is 4.98 Å². The Balaban J connectivity index is 2.47. The van der Waals surface area contributed by atoms with Crippen LogP contribution in [0.3, 0.4) is 0 Å². The van der Waals surface area contributed by atoms with E-state index in [9.17, 15) is 9.50 Å². The largest absolute Gasteiger partial charge is 0.383 e. The maximum absolute atomic E-state index is 13.5. The normalized spacial score (nSPS) is 12.4. The Kier molecular flexibility index (Phi) is 3.01. The molecule has 0 saturated carbocycles. The van der Waals surface area contributed by atoms with Gasteiger partial charge in [0.15, 0.2) is 0 Å². The SMILES string of the molecule is Cc1cnc(N)c(C(O)c2ccncc2F)c1. The van der Waals surface area contributed by atoms with Crippen LogP contribution < -0.4 is 5.73 Å². The highest BCUT2D eigenvalue weighted by Gasteiger charge is 2.18. The minimum Gasteiger partial charge on any atom is -0.383 e. The topological polar surface area (TPSA) is 72.0 Å². The number of pyridine rings is 2. The lowest BCUT2D eigenvalue weighted by atomic mass is 10.0. The predicted octanol–water partition coefficient (Wildman–Crippen LogP) is 1.59. The molecule has 0 aliphatic heterocycles. The van der Waals surface area contributed by atoms with Gasteiger partial charge in [0, 0.05) is 23.5 Å². The molecule has 4 nitrogen and oxygen atoms in total. The molecule has 17 heavy (non-hydrogen) atoms. The number of aliphatic hydroxyl groups is 1. The molecule has 0 aliphatic carbocycles. The maximum atomic E-state index is 13.5. The van der Waals surface area contributed by atoms with Crippen LogP contribution in [0.25, 0.3) is 0 Å². The summed E-state index contributed by atoms with van der Waals surface area (Å²) in [5.74, 6) is -0.375. The summed E-state index contributed by atoms with van der Waals surface area (Å²) in [7, 11) is 0. The molecule has 0 bridgehead atoms. The van der Waals surface area contributed by atoms with Crippen molar-refractivity contribution in [1.82, 2.24) is 9.97 Å². The molecule has 5 heteroatoms. The first-order valence-electron chi connectivity index (χ1n) is 5.09. The second-order valence-corrected chi connectivity index (χ2v) is 3.79. The van der Waals surface area contributed by atoms with Crippen LogP contribution in [0.4, 0.5) is 10.2 Å². The van der Waals surface area contributed by atoms with Crippen molar-refractivity contribution in [2.24, 2.45) is 0 Å². The highest BCUT2D eigenvalue weighted by molar-refractivity contribution is 5.45. The van der Waals surface area contributed by atoms with Gasteiger partial charge in [-0.15, -0.1) is 0 Å². The first-order chi connectivity index (χ1) is 8.09. The molecule has 0 aliphatic rings. The molecule has 1 atom stereocenters. The zero-order chi connectivity index (χ0) is 12.4. The maximum Gasteiger partial charge on any atom is 0.147 e. The number of halogens is 1. The molecule has 0 spiro atoms. The average molecular weight is 233 g/mol. The number of aryl methyl sites for hydroxylation is 1. The van der Waals surface area contributed by atoms with Crippen LogP contribution in [0.1, 0.15) is 22.8 Å². The van der Waals surface area contributed by atoms with Gasteiger partial charge in [-0.05, 0) is 24.6 Å². The van der Waals surface area contributed by atoms with E-state index in [4.69, 9.17) is 5.73 Å². The van der Waals surface area contributed by atoms with Crippen molar-refractivity contribution in [2.75, 3.05) is 5.73 Å². The van der Waals surface area contributed by atoms with Gasteiger partial charge in [0.25, 0.3) is 0 Å². The Hall–Kier alpha value is -2.01. The van der Waals surface area contributed by atoms with Crippen molar-refractivity contribution in [2.45, 2.75) is 13.0 Å². The Labute approximate surface area is 98.0 Å². The number of nitrogens with zero attached hydrogens (tertiary/aromatic N) is 2. The highest BCUT2D eigenvalue weighted by Crippen LogP contribution is 2.27. The van der Waals surface area contributed by atoms with Crippen LogP contribution >= 0.6 is 0 Å². The van der Waals surface area contributed by atoms with E-state index < -0.39 is 11.9 Å². The molecular formula is C12H12FN3O. The second kappa shape index (κ2) is 4.47. The third-order valence-corrected chi connectivity index (χ3v) is 2.48. The van der Waals surface area contributed by atoms with E-state index in [1.165, 1.54) is 12.3 Å². The lowest BCUT2D eigenvalue weighted by Crippen LogP contribution is -2.07. The quantitative estimate of drug-likeness (QED) is 0.826. The number of nitrogens with two attached hydrogens (primary N) is 1. The van der Waals surface area contributed by atoms with Crippen LogP contribution in [0.5, 0.6) is 0 Å². The number of anilines is 1. The van der Waals surface area contributed by atoms with Gasteiger partial charge in [-0.1, -0.05) is 0 Å². The fraction of sp³-hybridized carbons (Fsp3) is 0.167. The summed E-state index contributed by atoms with van der Waals surface area (Å²) in [4.78, 5) is 7.56. The smallest absolute Gasteiger partial charge is 0.147 e. The van der Waals surface area contributed by atoms with E-state index in [0.717, 1.165) is 11.8 Å². The van der Waals surface area contributed by atoms with Gasteiger partial charge in [0.05, 0.1) is 6.20 Å². The first-order valence-corrected chi connectivity index (χ1v) is 5.09. The van der Waals surface area contributed by atoms with Crippen LogP contribution in [0.15, 0.2) is 30.7 Å². The van der Waals surface area contributed by atoms with Gasteiger partial charge >= 0.3 is 0 Å². The Morgan fingerprint density at radius 2 is 2.12 bits per heavy atom. The van der Waals surface area contributed by atoms with Gasteiger partial charge in [-0.2, -0.15) is 0 Å². The van der Waals surface area contributed by atoms with Crippen molar-refractivity contribution in [3.63, 3.8) is 0 Å². The summed E-state index contributed by atoms with van der Waals surface area (Å²) in [5.41, 5.74) is 7.05. The molecule has 1 unspecified atom stereocenters. The Morgan fingerprint density at radius 3 is 2.82 bits per heavy atom. The molecule has 2 aromatic rings. The first kappa shape index (κ1) is 11.5. The molecular weight excluding hydrogens is 221 g/mol. The number of rotatable bonds is 2. The molecule has 0 amide bonds. The zero-order valence-corrected chi connectivity index (χ0v) is 9.26. The third kappa shape index (κ3) is 2.24. The van der Waals surface area contributed by atoms with Crippen LogP contribution in [0, 0.1) is 12.7 Å². The number of hydrogen-bond donors (Lipinski definition) is 2. The van der Waals surface area contributed by atoms with Crippen LogP contribution in [0.2, 0.25) is 0 Å². The number of aromatic nitrogens is 2. The molecule has 3 N–H and O–H groups in total. The fourth-order valence-electron chi connectivity index (χ4n) is 1.60. The summed E-state index contributed by atoms with van der Waals surface area (Å²) >= 11 is 0. The van der Waals surface area contributed by atoms with Gasteiger partial charge in [0.2, 0.25) is 0 Å². The Morgan fingerprint density at radius 1 is 1.35 bits per heavy atom. The number of aliphatic hydroxyl groups excluding tert-OH is 1. The summed E-state index contributed by atoms with van der Waals surface area (Å²) in [6.45, 7) is 1.82.